The number of halogens is 1. The van der Waals surface area contributed by atoms with E-state index in [1.54, 1.807) is 38.3 Å². The van der Waals surface area contributed by atoms with Crippen molar-refractivity contribution in [2.45, 2.75) is 26.3 Å². The summed E-state index contributed by atoms with van der Waals surface area (Å²) in [6.07, 6.45) is 0.0126. The lowest BCUT2D eigenvalue weighted by Crippen LogP contribution is -2.42. The van der Waals surface area contributed by atoms with E-state index < -0.39 is 6.04 Å². The van der Waals surface area contributed by atoms with Crippen LogP contribution in [-0.4, -0.2) is 43.0 Å². The van der Waals surface area contributed by atoms with Crippen LogP contribution in [0.2, 0.25) is 5.02 Å². The maximum Gasteiger partial charge on any atom is 0.222 e. The summed E-state index contributed by atoms with van der Waals surface area (Å²) >= 11 is 6.07. The Labute approximate surface area is 180 Å². The van der Waals surface area contributed by atoms with Crippen LogP contribution in [0.3, 0.4) is 0 Å². The number of amides is 1. The highest BCUT2D eigenvalue weighted by Crippen LogP contribution is 2.33. The van der Waals surface area contributed by atoms with Gasteiger partial charge in [-0.05, 0) is 44.2 Å². The topological polar surface area (TPSA) is 102 Å². The van der Waals surface area contributed by atoms with Crippen LogP contribution in [0.15, 0.2) is 47.5 Å². The first kappa shape index (κ1) is 21.5. The van der Waals surface area contributed by atoms with Crippen LogP contribution in [0.5, 0.6) is 5.75 Å². The fourth-order valence-electron chi connectivity index (χ4n) is 3.38. The molecule has 0 bridgehead atoms. The molecule has 3 N–H and O–H groups in total. The summed E-state index contributed by atoms with van der Waals surface area (Å²) < 4.78 is 5.40. The van der Waals surface area contributed by atoms with Gasteiger partial charge in [0.05, 0.1) is 24.9 Å². The zero-order valence-corrected chi connectivity index (χ0v) is 17.9. The molecule has 0 spiro atoms. The Morgan fingerprint density at radius 3 is 2.57 bits per heavy atom. The Kier molecular flexibility index (Phi) is 6.52. The van der Waals surface area contributed by atoms with Crippen LogP contribution >= 0.6 is 11.6 Å². The van der Waals surface area contributed by atoms with Crippen molar-refractivity contribution < 1.29 is 9.53 Å². The van der Waals surface area contributed by atoms with Gasteiger partial charge in [0.15, 0.2) is 0 Å². The minimum Gasteiger partial charge on any atom is -0.497 e. The Bertz CT molecular complexity index is 1020. The van der Waals surface area contributed by atoms with Crippen LogP contribution in [-0.2, 0) is 4.79 Å². The molecule has 0 aliphatic carbocycles. The first-order valence-corrected chi connectivity index (χ1v) is 9.96. The summed E-state index contributed by atoms with van der Waals surface area (Å²) in [5.74, 6) is 0.674. The van der Waals surface area contributed by atoms with Gasteiger partial charge in [0.25, 0.3) is 0 Å². The molecule has 3 rings (SSSR count). The monoisotopic (exact) mass is 425 g/mol. The van der Waals surface area contributed by atoms with E-state index in [2.05, 4.69) is 5.32 Å². The first-order valence-electron chi connectivity index (χ1n) is 9.58. The molecule has 8 heteroatoms. The van der Waals surface area contributed by atoms with Gasteiger partial charge in [-0.3, -0.25) is 25.5 Å². The average Bonchev–Trinajstić information content (AvgIpc) is 2.83. The van der Waals surface area contributed by atoms with Crippen molar-refractivity contribution in [2.24, 2.45) is 4.99 Å². The van der Waals surface area contributed by atoms with E-state index in [0.29, 0.717) is 34.3 Å². The van der Waals surface area contributed by atoms with Gasteiger partial charge in [0.1, 0.15) is 23.5 Å². The number of ether oxygens (including phenoxy) is 1. The fraction of sp³-hybridized carbons (Fsp3) is 0.273. The number of rotatable bonds is 5. The zero-order chi connectivity index (χ0) is 21.8. The normalized spacial score (nSPS) is 15.7. The van der Waals surface area contributed by atoms with Gasteiger partial charge in [0.2, 0.25) is 5.91 Å². The summed E-state index contributed by atoms with van der Waals surface area (Å²) in [4.78, 5) is 18.7. The number of methoxy groups -OCH3 is 1. The van der Waals surface area contributed by atoms with Crippen molar-refractivity contribution in [1.82, 2.24) is 5.32 Å². The summed E-state index contributed by atoms with van der Waals surface area (Å²) in [7, 11) is 1.58. The summed E-state index contributed by atoms with van der Waals surface area (Å²) in [5, 5.41) is 20.4. The Morgan fingerprint density at radius 2 is 1.97 bits per heavy atom. The molecular formula is C22H24ClN5O2. The third-order valence-electron chi connectivity index (χ3n) is 4.75. The van der Waals surface area contributed by atoms with E-state index in [9.17, 15) is 4.79 Å². The maximum absolute atomic E-state index is 12.3. The third kappa shape index (κ3) is 4.36. The smallest absolute Gasteiger partial charge is 0.222 e. The average molecular weight is 426 g/mol. The summed E-state index contributed by atoms with van der Waals surface area (Å²) in [6, 6.07) is 11.9. The Hall–Kier alpha value is -3.19. The van der Waals surface area contributed by atoms with Crippen molar-refractivity contribution >= 4 is 40.6 Å². The van der Waals surface area contributed by atoms with E-state index in [0.717, 1.165) is 5.56 Å². The van der Waals surface area contributed by atoms with Crippen LogP contribution < -0.4 is 15.0 Å². The number of nitrogens with zero attached hydrogens (tertiary/aromatic N) is 2. The number of carbonyl (C=O) groups excluding carboxylic acids is 1. The molecule has 0 aromatic heterocycles. The van der Waals surface area contributed by atoms with Crippen molar-refractivity contribution in [1.29, 1.82) is 10.8 Å². The van der Waals surface area contributed by atoms with Gasteiger partial charge >= 0.3 is 0 Å². The number of anilines is 1. The third-order valence-corrected chi connectivity index (χ3v) is 5.00. The van der Waals surface area contributed by atoms with Crippen LogP contribution in [0.1, 0.15) is 31.4 Å². The van der Waals surface area contributed by atoms with E-state index >= 15 is 0 Å². The second-order valence-electron chi connectivity index (χ2n) is 6.85. The predicted octanol–water partition coefficient (Wildman–Crippen LogP) is 3.88. The lowest BCUT2D eigenvalue weighted by molar-refractivity contribution is -0.121. The lowest BCUT2D eigenvalue weighted by Gasteiger charge is -2.26. The van der Waals surface area contributed by atoms with Gasteiger partial charge in [0, 0.05) is 22.7 Å². The number of hydrogen-bond acceptors (Lipinski definition) is 5. The maximum atomic E-state index is 12.3. The minimum atomic E-state index is -0.749. The predicted molar refractivity (Wildman–Crippen MR) is 121 cm³/mol. The summed E-state index contributed by atoms with van der Waals surface area (Å²) in [6.45, 7) is 3.95. The Balaban J connectivity index is 2.24. The second-order valence-corrected chi connectivity index (χ2v) is 7.28. The van der Waals surface area contributed by atoms with Gasteiger partial charge < -0.3 is 10.1 Å². The van der Waals surface area contributed by atoms with Crippen molar-refractivity contribution in [3.63, 3.8) is 0 Å². The molecule has 0 radical (unpaired) electrons. The van der Waals surface area contributed by atoms with E-state index in [-0.39, 0.29) is 24.0 Å². The number of fused-ring (bicyclic) bond motifs is 1. The highest BCUT2D eigenvalue weighted by Gasteiger charge is 2.32. The zero-order valence-electron chi connectivity index (χ0n) is 17.1. The molecule has 7 nitrogen and oxygen atoms in total. The molecule has 2 aromatic rings. The number of amidine groups is 2. The van der Waals surface area contributed by atoms with Crippen molar-refractivity contribution in [2.75, 3.05) is 18.6 Å². The van der Waals surface area contributed by atoms with E-state index in [1.165, 1.54) is 4.90 Å². The number of nitrogens with one attached hydrogen (secondary N) is 3. The molecule has 0 saturated carbocycles. The largest absolute Gasteiger partial charge is 0.497 e. The molecule has 1 amide bonds. The van der Waals surface area contributed by atoms with E-state index in [1.807, 2.05) is 25.1 Å². The summed E-state index contributed by atoms with van der Waals surface area (Å²) in [5.41, 5.74) is 2.77. The number of benzodiazepines with no additional fused rings is 1. The molecule has 2 aromatic carbocycles. The molecule has 0 fully saturated rings. The molecule has 30 heavy (non-hydrogen) atoms. The van der Waals surface area contributed by atoms with Crippen molar-refractivity contribution in [3.05, 3.63) is 58.6 Å². The SMILES string of the molecule is CCNC(=O)C[C@@H]1N=C(c2ccc(Cl)cc2)c2cc(OC)ccc2N(C(C)=N)C1=N. The second kappa shape index (κ2) is 9.09. The molecule has 156 valence electrons. The molecule has 0 unspecified atom stereocenters. The number of benzene rings is 2. The van der Waals surface area contributed by atoms with Crippen LogP contribution in [0.25, 0.3) is 0 Å². The number of carbonyl (C=O) groups is 1. The Morgan fingerprint density at radius 1 is 1.27 bits per heavy atom. The van der Waals surface area contributed by atoms with Crippen molar-refractivity contribution in [3.8, 4) is 5.75 Å². The standard InChI is InChI=1S/C22H24ClN5O2/c1-4-26-20(29)12-18-22(25)28(13(2)24)19-10-9-16(30-3)11-17(19)21(27-18)14-5-7-15(23)8-6-14/h5-11,18,24-25H,4,12H2,1-3H3,(H,26,29)/t18-/m0/s1. The van der Waals surface area contributed by atoms with Gasteiger partial charge in [-0.15, -0.1) is 0 Å². The minimum absolute atomic E-state index is 0.0126. The lowest BCUT2D eigenvalue weighted by atomic mass is 9.99. The number of aliphatic imine (C=N–C) groups is 1. The van der Waals surface area contributed by atoms with E-state index in [4.69, 9.17) is 32.1 Å². The quantitative estimate of drug-likeness (QED) is 0.500. The molecule has 1 aliphatic rings. The van der Waals surface area contributed by atoms with Crippen LogP contribution in [0.4, 0.5) is 5.69 Å². The highest BCUT2D eigenvalue weighted by molar-refractivity contribution is 6.31. The fourth-order valence-corrected chi connectivity index (χ4v) is 3.50. The molecule has 0 saturated heterocycles. The number of hydrogen-bond donors (Lipinski definition) is 3. The molecule has 1 aliphatic heterocycles. The highest BCUT2D eigenvalue weighted by atomic mass is 35.5. The molecular weight excluding hydrogens is 402 g/mol. The molecule has 1 atom stereocenters. The van der Waals surface area contributed by atoms with Gasteiger partial charge in [-0.2, -0.15) is 0 Å². The van der Waals surface area contributed by atoms with Gasteiger partial charge in [-0.1, -0.05) is 23.7 Å². The van der Waals surface area contributed by atoms with Crippen LogP contribution in [0, 0.1) is 10.8 Å². The first-order chi connectivity index (χ1) is 14.3. The molecule has 1 heterocycles. The van der Waals surface area contributed by atoms with Gasteiger partial charge in [-0.25, -0.2) is 0 Å².